The molecule has 1 saturated heterocycles. The minimum Gasteiger partial charge on any atom is -0.378 e. The summed E-state index contributed by atoms with van der Waals surface area (Å²) in [6, 6.07) is 13.9. The van der Waals surface area contributed by atoms with E-state index in [4.69, 9.17) is 4.74 Å². The number of hydrogen-bond donors (Lipinski definition) is 3. The zero-order chi connectivity index (χ0) is 21.5. The van der Waals surface area contributed by atoms with E-state index in [0.29, 0.717) is 19.8 Å². The third kappa shape index (κ3) is 5.55. The first-order valence-corrected chi connectivity index (χ1v) is 9.99. The zero-order valence-corrected chi connectivity index (χ0v) is 17.3. The number of para-hydroxylation sites is 1. The SMILES string of the molecule is CN(C)c1ccc([C@@H](CNC(=O)C(=O)Nc2ccccc2F)[NH+]2CCOCC2)cc1. The molecule has 3 rings (SSSR count). The van der Waals surface area contributed by atoms with Crippen molar-refractivity contribution >= 4 is 23.2 Å². The number of carbonyl (C=O) groups is 2. The molecule has 1 aliphatic heterocycles. The second-order valence-electron chi connectivity index (χ2n) is 7.45. The van der Waals surface area contributed by atoms with Crippen LogP contribution < -0.4 is 20.4 Å². The number of nitrogens with one attached hydrogen (secondary N) is 3. The van der Waals surface area contributed by atoms with Gasteiger partial charge >= 0.3 is 11.8 Å². The molecule has 0 aliphatic carbocycles. The number of hydrogen-bond acceptors (Lipinski definition) is 4. The third-order valence-electron chi connectivity index (χ3n) is 5.23. The molecule has 8 heteroatoms. The Bertz CT molecular complexity index is 867. The smallest absolute Gasteiger partial charge is 0.313 e. The van der Waals surface area contributed by atoms with Gasteiger partial charge in [0.1, 0.15) is 24.9 Å². The summed E-state index contributed by atoms with van der Waals surface area (Å²) < 4.78 is 19.2. The van der Waals surface area contributed by atoms with Gasteiger partial charge in [0, 0.05) is 25.3 Å². The van der Waals surface area contributed by atoms with Crippen molar-refractivity contribution in [1.82, 2.24) is 5.32 Å². The van der Waals surface area contributed by atoms with Crippen molar-refractivity contribution in [3.63, 3.8) is 0 Å². The topological polar surface area (TPSA) is 75.1 Å². The average Bonchev–Trinajstić information content (AvgIpc) is 2.76. The Hall–Kier alpha value is -2.97. The first kappa shape index (κ1) is 21.7. The highest BCUT2D eigenvalue weighted by Gasteiger charge is 2.28. The van der Waals surface area contributed by atoms with E-state index >= 15 is 0 Å². The van der Waals surface area contributed by atoms with Gasteiger partial charge in [-0.05, 0) is 24.3 Å². The minimum absolute atomic E-state index is 0.0182. The molecule has 1 atom stereocenters. The molecule has 160 valence electrons. The van der Waals surface area contributed by atoms with Crippen LogP contribution in [0, 0.1) is 5.82 Å². The van der Waals surface area contributed by atoms with Gasteiger partial charge in [-0.1, -0.05) is 24.3 Å². The van der Waals surface area contributed by atoms with E-state index < -0.39 is 17.6 Å². The fraction of sp³-hybridized carbons (Fsp3) is 0.364. The lowest BCUT2D eigenvalue weighted by atomic mass is 10.0. The van der Waals surface area contributed by atoms with Gasteiger partial charge in [-0.3, -0.25) is 9.59 Å². The number of rotatable bonds is 6. The van der Waals surface area contributed by atoms with Gasteiger partial charge < -0.3 is 25.2 Å². The summed E-state index contributed by atoms with van der Waals surface area (Å²) in [5.41, 5.74) is 2.14. The molecule has 30 heavy (non-hydrogen) atoms. The van der Waals surface area contributed by atoms with Crippen LogP contribution in [0.5, 0.6) is 0 Å². The quantitative estimate of drug-likeness (QED) is 0.605. The molecule has 2 amide bonds. The van der Waals surface area contributed by atoms with E-state index in [1.807, 2.05) is 43.3 Å². The molecule has 3 N–H and O–H groups in total. The molecular formula is C22H28FN4O3+. The summed E-state index contributed by atoms with van der Waals surface area (Å²) in [7, 11) is 3.96. The van der Waals surface area contributed by atoms with Crippen LogP contribution in [0.3, 0.4) is 0 Å². The highest BCUT2D eigenvalue weighted by Crippen LogP contribution is 2.17. The van der Waals surface area contributed by atoms with E-state index in [9.17, 15) is 14.0 Å². The van der Waals surface area contributed by atoms with Crippen LogP contribution in [0.2, 0.25) is 0 Å². The van der Waals surface area contributed by atoms with Crippen LogP contribution in [-0.4, -0.2) is 58.8 Å². The molecule has 2 aromatic carbocycles. The largest absolute Gasteiger partial charge is 0.378 e. The fourth-order valence-corrected chi connectivity index (χ4v) is 3.50. The summed E-state index contributed by atoms with van der Waals surface area (Å²) in [5.74, 6) is -2.27. The number of carbonyl (C=O) groups excluding carboxylic acids is 2. The number of nitrogens with zero attached hydrogens (tertiary/aromatic N) is 1. The van der Waals surface area contributed by atoms with Crippen molar-refractivity contribution < 1.29 is 23.6 Å². The van der Waals surface area contributed by atoms with Gasteiger partial charge in [-0.2, -0.15) is 0 Å². The number of benzene rings is 2. The van der Waals surface area contributed by atoms with E-state index in [-0.39, 0.29) is 11.7 Å². The monoisotopic (exact) mass is 415 g/mol. The molecule has 2 aromatic rings. The van der Waals surface area contributed by atoms with E-state index in [1.165, 1.54) is 23.1 Å². The molecule has 1 aliphatic rings. The van der Waals surface area contributed by atoms with Crippen molar-refractivity contribution in [3.05, 3.63) is 59.9 Å². The lowest BCUT2D eigenvalue weighted by Crippen LogP contribution is -3.15. The van der Waals surface area contributed by atoms with Crippen LogP contribution in [0.15, 0.2) is 48.5 Å². The van der Waals surface area contributed by atoms with Gasteiger partial charge in [0.2, 0.25) is 0 Å². The third-order valence-corrected chi connectivity index (χ3v) is 5.23. The number of quaternary nitrogens is 1. The number of morpholine rings is 1. The van der Waals surface area contributed by atoms with Gasteiger partial charge in [-0.25, -0.2) is 4.39 Å². The average molecular weight is 415 g/mol. The summed E-state index contributed by atoms with van der Waals surface area (Å²) >= 11 is 0. The van der Waals surface area contributed by atoms with Gasteiger partial charge in [0.25, 0.3) is 0 Å². The van der Waals surface area contributed by atoms with Crippen LogP contribution in [0.1, 0.15) is 11.6 Å². The van der Waals surface area contributed by atoms with Crippen LogP contribution in [-0.2, 0) is 14.3 Å². The highest BCUT2D eigenvalue weighted by molar-refractivity contribution is 6.39. The maximum atomic E-state index is 13.7. The van der Waals surface area contributed by atoms with Gasteiger partial charge in [0.05, 0.1) is 25.4 Å². The van der Waals surface area contributed by atoms with Crippen LogP contribution >= 0.6 is 0 Å². The highest BCUT2D eigenvalue weighted by atomic mass is 19.1. The maximum Gasteiger partial charge on any atom is 0.313 e. The molecule has 0 spiro atoms. The normalized spacial score (nSPS) is 15.3. The second-order valence-corrected chi connectivity index (χ2v) is 7.45. The van der Waals surface area contributed by atoms with Crippen molar-refractivity contribution in [3.8, 4) is 0 Å². The molecule has 1 fully saturated rings. The van der Waals surface area contributed by atoms with Crippen molar-refractivity contribution in [1.29, 1.82) is 0 Å². The molecule has 0 radical (unpaired) electrons. The molecule has 0 unspecified atom stereocenters. The van der Waals surface area contributed by atoms with Gasteiger partial charge in [0.15, 0.2) is 0 Å². The summed E-state index contributed by atoms with van der Waals surface area (Å²) in [6.45, 7) is 3.24. The van der Waals surface area contributed by atoms with Crippen LogP contribution in [0.4, 0.5) is 15.8 Å². The molecule has 0 bridgehead atoms. The van der Waals surface area contributed by atoms with Crippen LogP contribution in [0.25, 0.3) is 0 Å². The standard InChI is InChI=1S/C22H27FN4O3/c1-26(2)17-9-7-16(8-10-17)20(27-11-13-30-14-12-27)15-24-21(28)22(29)25-19-6-4-3-5-18(19)23/h3-10,20H,11-15H2,1-2H3,(H,24,28)(H,25,29)/p+1/t20-/m1/s1. The Balaban J connectivity index is 1.67. The molecule has 0 saturated carbocycles. The molecule has 7 nitrogen and oxygen atoms in total. The first-order valence-electron chi connectivity index (χ1n) is 9.99. The first-order chi connectivity index (χ1) is 14.5. The number of amides is 2. The number of halogens is 1. The predicted octanol–water partition coefficient (Wildman–Crippen LogP) is 0.603. The van der Waals surface area contributed by atoms with Crippen molar-refractivity contribution in [2.45, 2.75) is 6.04 Å². The number of anilines is 2. The Morgan fingerprint density at radius 2 is 1.73 bits per heavy atom. The minimum atomic E-state index is -0.890. The summed E-state index contributed by atoms with van der Waals surface area (Å²) in [4.78, 5) is 27.8. The summed E-state index contributed by atoms with van der Waals surface area (Å²) in [5, 5.41) is 5.02. The van der Waals surface area contributed by atoms with E-state index in [0.717, 1.165) is 24.3 Å². The van der Waals surface area contributed by atoms with Crippen molar-refractivity contribution in [2.75, 3.05) is 57.2 Å². The Morgan fingerprint density at radius 3 is 2.37 bits per heavy atom. The Labute approximate surface area is 175 Å². The van der Waals surface area contributed by atoms with Gasteiger partial charge in [-0.15, -0.1) is 0 Å². The lowest BCUT2D eigenvalue weighted by Gasteiger charge is -2.32. The van der Waals surface area contributed by atoms with E-state index in [2.05, 4.69) is 10.6 Å². The molecule has 1 heterocycles. The zero-order valence-electron chi connectivity index (χ0n) is 17.3. The number of ether oxygens (including phenoxy) is 1. The van der Waals surface area contributed by atoms with E-state index in [1.54, 1.807) is 6.07 Å². The summed E-state index contributed by atoms with van der Waals surface area (Å²) in [6.07, 6.45) is 0. The van der Waals surface area contributed by atoms with Crippen molar-refractivity contribution in [2.24, 2.45) is 0 Å². The second kappa shape index (κ2) is 10.2. The predicted molar refractivity (Wildman–Crippen MR) is 113 cm³/mol. The maximum absolute atomic E-state index is 13.7. The molecule has 0 aromatic heterocycles. The lowest BCUT2D eigenvalue weighted by molar-refractivity contribution is -0.937. The fourth-order valence-electron chi connectivity index (χ4n) is 3.50. The Kier molecular flexibility index (Phi) is 7.37. The Morgan fingerprint density at radius 1 is 1.07 bits per heavy atom. The molecular weight excluding hydrogens is 387 g/mol.